The first-order chi connectivity index (χ1) is 16.4. The van der Waals surface area contributed by atoms with Crippen molar-refractivity contribution in [2.45, 2.75) is 38.9 Å². The molecule has 0 fully saturated rings. The van der Waals surface area contributed by atoms with Crippen LogP contribution in [-0.2, 0) is 21.4 Å². The van der Waals surface area contributed by atoms with Gasteiger partial charge in [-0.05, 0) is 67.8 Å². The predicted molar refractivity (Wildman–Crippen MR) is 126 cm³/mol. The molecule has 0 unspecified atom stereocenters. The highest BCUT2D eigenvalue weighted by molar-refractivity contribution is 6.34. The average molecular weight is 500 g/mol. The molecule has 2 N–H and O–H groups in total. The zero-order valence-corrected chi connectivity index (χ0v) is 19.7. The van der Waals surface area contributed by atoms with Crippen LogP contribution in [0, 0.1) is 6.92 Å². The topological polar surface area (TPSA) is 89.6 Å². The maximum Gasteiger partial charge on any atom is 0.586 e. The fourth-order valence-electron chi connectivity index (χ4n) is 4.07. The van der Waals surface area contributed by atoms with Crippen LogP contribution >= 0.6 is 11.6 Å². The number of aromatic nitrogens is 1. The van der Waals surface area contributed by atoms with E-state index < -0.39 is 17.6 Å². The van der Waals surface area contributed by atoms with Crippen LogP contribution in [0.3, 0.4) is 0 Å². The number of pyridine rings is 1. The van der Waals surface area contributed by atoms with Crippen LogP contribution in [0.1, 0.15) is 30.5 Å². The molecule has 5 rings (SSSR count). The van der Waals surface area contributed by atoms with Crippen molar-refractivity contribution in [3.8, 4) is 22.8 Å². The standard InChI is InChI=1S/C25H20ClF2N3O4/c1-12-4-7-19(29-21(12)13-8-14-10-20(32)31-22(14)16(26)9-13)30-23(33)24(2,3)15-5-6-17-18(11-15)35-25(27,28)34-17/h4-9,11H,10H2,1-3H3,(H,31,32)(H,29,30,33). The van der Waals surface area contributed by atoms with Gasteiger partial charge in [-0.1, -0.05) is 23.7 Å². The third-order valence-corrected chi connectivity index (χ3v) is 6.39. The Morgan fingerprint density at radius 2 is 1.89 bits per heavy atom. The van der Waals surface area contributed by atoms with E-state index in [0.717, 1.165) is 16.7 Å². The van der Waals surface area contributed by atoms with Crippen LogP contribution in [0.4, 0.5) is 20.3 Å². The van der Waals surface area contributed by atoms with Crippen molar-refractivity contribution < 1.29 is 27.8 Å². The van der Waals surface area contributed by atoms with E-state index in [2.05, 4.69) is 25.1 Å². The summed E-state index contributed by atoms with van der Waals surface area (Å²) in [7, 11) is 0. The number of halogens is 3. The van der Waals surface area contributed by atoms with Crippen molar-refractivity contribution in [1.82, 2.24) is 4.98 Å². The zero-order chi connectivity index (χ0) is 25.1. The zero-order valence-electron chi connectivity index (χ0n) is 19.0. The maximum atomic E-state index is 13.4. The molecule has 10 heteroatoms. The van der Waals surface area contributed by atoms with Gasteiger partial charge in [0.2, 0.25) is 11.8 Å². The Bertz CT molecular complexity index is 1410. The lowest BCUT2D eigenvalue weighted by Gasteiger charge is -2.24. The summed E-state index contributed by atoms with van der Waals surface area (Å²) in [5, 5.41) is 5.96. The van der Waals surface area contributed by atoms with Gasteiger partial charge in [0.25, 0.3) is 0 Å². The number of alkyl halides is 2. The second-order valence-corrected chi connectivity index (χ2v) is 9.39. The molecule has 3 aromatic rings. The van der Waals surface area contributed by atoms with E-state index in [1.165, 1.54) is 12.1 Å². The van der Waals surface area contributed by atoms with Gasteiger partial charge in [0.05, 0.1) is 28.2 Å². The van der Waals surface area contributed by atoms with Crippen LogP contribution in [-0.4, -0.2) is 23.1 Å². The molecule has 2 aliphatic rings. The van der Waals surface area contributed by atoms with Gasteiger partial charge in [0.1, 0.15) is 5.82 Å². The summed E-state index contributed by atoms with van der Waals surface area (Å²) in [4.78, 5) is 29.6. The fourth-order valence-corrected chi connectivity index (χ4v) is 4.35. The minimum Gasteiger partial charge on any atom is -0.395 e. The van der Waals surface area contributed by atoms with Gasteiger partial charge >= 0.3 is 6.29 Å². The molecular formula is C25H20ClF2N3O4. The van der Waals surface area contributed by atoms with Gasteiger partial charge in [0, 0.05) is 5.56 Å². The van der Waals surface area contributed by atoms with E-state index >= 15 is 0 Å². The van der Waals surface area contributed by atoms with Crippen molar-refractivity contribution in [3.05, 3.63) is 64.2 Å². The number of nitrogens with one attached hydrogen (secondary N) is 2. The van der Waals surface area contributed by atoms with Crippen LogP contribution < -0.4 is 20.1 Å². The minimum atomic E-state index is -3.74. The molecule has 0 saturated carbocycles. The normalized spacial score (nSPS) is 15.5. The maximum absolute atomic E-state index is 13.4. The Kier molecular flexibility index (Phi) is 5.21. The molecule has 0 spiro atoms. The molecule has 2 amide bonds. The first kappa shape index (κ1) is 23.0. The van der Waals surface area contributed by atoms with E-state index in [4.69, 9.17) is 11.6 Å². The number of nitrogens with zero attached hydrogens (tertiary/aromatic N) is 1. The first-order valence-electron chi connectivity index (χ1n) is 10.7. The predicted octanol–water partition coefficient (Wildman–Crippen LogP) is 5.44. The van der Waals surface area contributed by atoms with Crippen molar-refractivity contribution in [3.63, 3.8) is 0 Å². The van der Waals surface area contributed by atoms with E-state index in [-0.39, 0.29) is 23.8 Å². The van der Waals surface area contributed by atoms with Crippen LogP contribution in [0.2, 0.25) is 5.02 Å². The second kappa shape index (κ2) is 7.91. The number of amides is 2. The highest BCUT2D eigenvalue weighted by Crippen LogP contribution is 2.43. The number of carbonyl (C=O) groups is 2. The quantitative estimate of drug-likeness (QED) is 0.499. The lowest BCUT2D eigenvalue weighted by atomic mass is 9.83. The Balaban J connectivity index is 1.41. The Hall–Kier alpha value is -3.72. The number of anilines is 2. The first-order valence-corrected chi connectivity index (χ1v) is 11.1. The SMILES string of the molecule is Cc1ccc(NC(=O)C(C)(C)c2ccc3c(c2)OC(F)(F)O3)nc1-c1cc(Cl)c2c(c1)CC(=O)N2. The monoisotopic (exact) mass is 499 g/mol. The number of hydrogen-bond donors (Lipinski definition) is 2. The van der Waals surface area contributed by atoms with E-state index in [0.29, 0.717) is 27.8 Å². The molecular weight excluding hydrogens is 480 g/mol. The van der Waals surface area contributed by atoms with Crippen molar-refractivity contribution in [2.24, 2.45) is 0 Å². The second-order valence-electron chi connectivity index (χ2n) is 8.99. The number of aryl methyl sites for hydroxylation is 1. The molecule has 0 bridgehead atoms. The average Bonchev–Trinajstić information content (AvgIpc) is 3.31. The molecule has 0 aliphatic carbocycles. The molecule has 0 radical (unpaired) electrons. The summed E-state index contributed by atoms with van der Waals surface area (Å²) in [6.45, 7) is 5.21. The van der Waals surface area contributed by atoms with E-state index in [1.54, 1.807) is 32.0 Å². The fraction of sp³-hybridized carbons (Fsp3) is 0.240. The molecule has 1 aromatic heterocycles. The largest absolute Gasteiger partial charge is 0.586 e. The van der Waals surface area contributed by atoms with Gasteiger partial charge in [-0.2, -0.15) is 0 Å². The lowest BCUT2D eigenvalue weighted by Crippen LogP contribution is -2.35. The van der Waals surface area contributed by atoms with E-state index in [1.807, 2.05) is 19.1 Å². The molecule has 35 heavy (non-hydrogen) atoms. The number of fused-ring (bicyclic) bond motifs is 2. The summed E-state index contributed by atoms with van der Waals surface area (Å²) >= 11 is 6.37. The van der Waals surface area contributed by atoms with Crippen molar-refractivity contribution in [1.29, 1.82) is 0 Å². The molecule has 0 atom stereocenters. The number of rotatable bonds is 4. The van der Waals surface area contributed by atoms with Gasteiger partial charge in [-0.15, -0.1) is 8.78 Å². The molecule has 3 heterocycles. The van der Waals surface area contributed by atoms with Gasteiger partial charge < -0.3 is 20.1 Å². The molecule has 180 valence electrons. The highest BCUT2D eigenvalue weighted by atomic mass is 35.5. The summed E-state index contributed by atoms with van der Waals surface area (Å²) < 4.78 is 35.7. The molecule has 2 aliphatic heterocycles. The third-order valence-electron chi connectivity index (χ3n) is 6.09. The van der Waals surface area contributed by atoms with Crippen LogP contribution in [0.5, 0.6) is 11.5 Å². The molecule has 0 saturated heterocycles. The highest BCUT2D eigenvalue weighted by Gasteiger charge is 2.44. The molecule has 2 aromatic carbocycles. The third kappa shape index (κ3) is 4.16. The van der Waals surface area contributed by atoms with Crippen LogP contribution in [0.25, 0.3) is 11.3 Å². The van der Waals surface area contributed by atoms with Gasteiger partial charge in [-0.3, -0.25) is 9.59 Å². The Morgan fingerprint density at radius 3 is 2.66 bits per heavy atom. The Morgan fingerprint density at radius 1 is 1.14 bits per heavy atom. The number of hydrogen-bond acceptors (Lipinski definition) is 5. The Labute approximate surface area is 204 Å². The summed E-state index contributed by atoms with van der Waals surface area (Å²) in [5.74, 6) is -0.441. The molecule has 7 nitrogen and oxygen atoms in total. The minimum absolute atomic E-state index is 0.0929. The smallest absolute Gasteiger partial charge is 0.395 e. The van der Waals surface area contributed by atoms with Crippen LogP contribution in [0.15, 0.2) is 42.5 Å². The lowest BCUT2D eigenvalue weighted by molar-refractivity contribution is -0.286. The summed E-state index contributed by atoms with van der Waals surface area (Å²) in [6, 6.07) is 11.3. The number of ether oxygens (including phenoxy) is 2. The summed E-state index contributed by atoms with van der Waals surface area (Å²) in [5.41, 5.74) is 2.92. The van der Waals surface area contributed by atoms with Gasteiger partial charge in [0.15, 0.2) is 11.5 Å². The van der Waals surface area contributed by atoms with E-state index in [9.17, 15) is 18.4 Å². The van der Waals surface area contributed by atoms with Gasteiger partial charge in [-0.25, -0.2) is 4.98 Å². The summed E-state index contributed by atoms with van der Waals surface area (Å²) in [6.07, 6.45) is -3.51. The number of carbonyl (C=O) groups excluding carboxylic acids is 2. The number of benzene rings is 2. The van der Waals surface area contributed by atoms with Crippen molar-refractivity contribution >= 4 is 34.9 Å². The van der Waals surface area contributed by atoms with Crippen molar-refractivity contribution in [2.75, 3.05) is 10.6 Å².